The van der Waals surface area contributed by atoms with Crippen molar-refractivity contribution in [2.75, 3.05) is 0 Å². The molecule has 1 unspecified atom stereocenters. The molecule has 0 heterocycles. The molecule has 11 heavy (non-hydrogen) atoms. The van der Waals surface area contributed by atoms with Crippen LogP contribution < -0.4 is 0 Å². The first kappa shape index (κ1) is 8.83. The van der Waals surface area contributed by atoms with E-state index in [1.165, 1.54) is 25.7 Å². The van der Waals surface area contributed by atoms with Crippen LogP contribution in [0.25, 0.3) is 0 Å². The molecule has 0 nitrogen and oxygen atoms in total. The van der Waals surface area contributed by atoms with Crippen molar-refractivity contribution in [2.24, 2.45) is 11.8 Å². The summed E-state index contributed by atoms with van der Waals surface area (Å²) in [7, 11) is 0. The van der Waals surface area contributed by atoms with Crippen molar-refractivity contribution >= 4 is 0 Å². The van der Waals surface area contributed by atoms with Gasteiger partial charge < -0.3 is 0 Å². The van der Waals surface area contributed by atoms with Crippen molar-refractivity contribution in [1.29, 1.82) is 0 Å². The van der Waals surface area contributed by atoms with Crippen LogP contribution in [-0.2, 0) is 0 Å². The number of rotatable bonds is 2. The van der Waals surface area contributed by atoms with Crippen LogP contribution in [0.15, 0.2) is 11.6 Å². The fraction of sp³-hybridized carbons (Fsp3) is 0.818. The standard InChI is InChI=1S/C11H20/c1-9(2)8-11-6-4-10(3)5-7-11/h4,9,11H,5-8H2,1-3H3. The van der Waals surface area contributed by atoms with E-state index in [4.69, 9.17) is 0 Å². The number of allylic oxidation sites excluding steroid dienone is 2. The zero-order chi connectivity index (χ0) is 8.27. The van der Waals surface area contributed by atoms with Gasteiger partial charge in [-0.25, -0.2) is 0 Å². The largest absolute Gasteiger partial charge is 0.0853 e. The van der Waals surface area contributed by atoms with Crippen LogP contribution >= 0.6 is 0 Å². The first-order chi connectivity index (χ1) is 5.18. The Bertz CT molecular complexity index is 142. The Morgan fingerprint density at radius 3 is 2.73 bits per heavy atom. The average Bonchev–Trinajstić information content (AvgIpc) is 1.93. The zero-order valence-electron chi connectivity index (χ0n) is 8.06. The van der Waals surface area contributed by atoms with Gasteiger partial charge in [0.2, 0.25) is 0 Å². The van der Waals surface area contributed by atoms with Crippen molar-refractivity contribution in [3.8, 4) is 0 Å². The van der Waals surface area contributed by atoms with Gasteiger partial charge in [-0.2, -0.15) is 0 Å². The molecule has 0 aromatic heterocycles. The summed E-state index contributed by atoms with van der Waals surface area (Å²) in [5, 5.41) is 0. The zero-order valence-corrected chi connectivity index (χ0v) is 8.06. The topological polar surface area (TPSA) is 0 Å². The summed E-state index contributed by atoms with van der Waals surface area (Å²) < 4.78 is 0. The highest BCUT2D eigenvalue weighted by Gasteiger charge is 2.13. The van der Waals surface area contributed by atoms with Gasteiger partial charge in [-0.05, 0) is 44.4 Å². The van der Waals surface area contributed by atoms with E-state index in [-0.39, 0.29) is 0 Å². The van der Waals surface area contributed by atoms with E-state index in [1.807, 2.05) is 0 Å². The molecule has 0 aromatic carbocycles. The molecule has 0 fully saturated rings. The van der Waals surface area contributed by atoms with Crippen LogP contribution in [0.4, 0.5) is 0 Å². The van der Waals surface area contributed by atoms with E-state index in [2.05, 4.69) is 26.8 Å². The lowest BCUT2D eigenvalue weighted by Gasteiger charge is -2.21. The number of hydrogen-bond acceptors (Lipinski definition) is 0. The molecule has 1 atom stereocenters. The summed E-state index contributed by atoms with van der Waals surface area (Å²) in [5.41, 5.74) is 1.60. The van der Waals surface area contributed by atoms with Gasteiger partial charge in [0.25, 0.3) is 0 Å². The van der Waals surface area contributed by atoms with Crippen molar-refractivity contribution in [2.45, 2.75) is 46.5 Å². The molecule has 0 N–H and O–H groups in total. The Kier molecular flexibility index (Phi) is 3.16. The third kappa shape index (κ3) is 3.09. The van der Waals surface area contributed by atoms with Gasteiger partial charge in [-0.3, -0.25) is 0 Å². The Balaban J connectivity index is 2.29. The molecule has 0 saturated heterocycles. The molecular formula is C11H20. The lowest BCUT2D eigenvalue weighted by molar-refractivity contribution is 0.377. The van der Waals surface area contributed by atoms with Crippen LogP contribution in [0.1, 0.15) is 46.5 Å². The highest BCUT2D eigenvalue weighted by atomic mass is 14.2. The molecule has 0 amide bonds. The monoisotopic (exact) mass is 152 g/mol. The maximum Gasteiger partial charge on any atom is -0.0319 e. The van der Waals surface area contributed by atoms with Crippen LogP contribution in [0.2, 0.25) is 0 Å². The van der Waals surface area contributed by atoms with E-state index >= 15 is 0 Å². The molecule has 0 saturated carbocycles. The minimum absolute atomic E-state index is 0.881. The van der Waals surface area contributed by atoms with E-state index in [1.54, 1.807) is 5.57 Å². The van der Waals surface area contributed by atoms with Crippen molar-refractivity contribution in [1.82, 2.24) is 0 Å². The molecule has 1 aliphatic carbocycles. The SMILES string of the molecule is CC1=CCC(CC(C)C)CC1. The van der Waals surface area contributed by atoms with Gasteiger partial charge in [0.05, 0.1) is 0 Å². The lowest BCUT2D eigenvalue weighted by Crippen LogP contribution is -2.07. The van der Waals surface area contributed by atoms with E-state index in [0.29, 0.717) is 0 Å². The summed E-state index contributed by atoms with van der Waals surface area (Å²) in [6.07, 6.45) is 7.96. The highest BCUT2D eigenvalue weighted by Crippen LogP contribution is 2.27. The highest BCUT2D eigenvalue weighted by molar-refractivity contribution is 5.02. The van der Waals surface area contributed by atoms with Crippen molar-refractivity contribution < 1.29 is 0 Å². The van der Waals surface area contributed by atoms with Gasteiger partial charge in [0, 0.05) is 0 Å². The second-order valence-corrected chi connectivity index (χ2v) is 4.32. The summed E-state index contributed by atoms with van der Waals surface area (Å²) in [6.45, 7) is 6.90. The second kappa shape index (κ2) is 3.94. The molecule has 1 aliphatic rings. The quantitative estimate of drug-likeness (QED) is 0.528. The van der Waals surface area contributed by atoms with Gasteiger partial charge in [0.1, 0.15) is 0 Å². The summed E-state index contributed by atoms with van der Waals surface area (Å²) in [6, 6.07) is 0. The average molecular weight is 152 g/mol. The minimum atomic E-state index is 0.881. The predicted octanol–water partition coefficient (Wildman–Crippen LogP) is 3.78. The Morgan fingerprint density at radius 2 is 2.27 bits per heavy atom. The molecule has 0 aliphatic heterocycles. The third-order valence-electron chi connectivity index (χ3n) is 2.55. The van der Waals surface area contributed by atoms with Crippen LogP contribution in [0.5, 0.6) is 0 Å². The van der Waals surface area contributed by atoms with Crippen molar-refractivity contribution in [3.05, 3.63) is 11.6 Å². The number of hydrogen-bond donors (Lipinski definition) is 0. The van der Waals surface area contributed by atoms with Crippen LogP contribution in [0, 0.1) is 11.8 Å². The second-order valence-electron chi connectivity index (χ2n) is 4.32. The molecule has 0 bridgehead atoms. The van der Waals surface area contributed by atoms with E-state index in [9.17, 15) is 0 Å². The fourth-order valence-corrected chi connectivity index (χ4v) is 1.90. The lowest BCUT2D eigenvalue weighted by atomic mass is 9.85. The first-order valence-corrected chi connectivity index (χ1v) is 4.84. The van der Waals surface area contributed by atoms with Gasteiger partial charge >= 0.3 is 0 Å². The normalized spacial score (nSPS) is 25.5. The molecule has 1 rings (SSSR count). The third-order valence-corrected chi connectivity index (χ3v) is 2.55. The van der Waals surface area contributed by atoms with Crippen molar-refractivity contribution in [3.63, 3.8) is 0 Å². The molecular weight excluding hydrogens is 132 g/mol. The minimum Gasteiger partial charge on any atom is -0.0853 e. The van der Waals surface area contributed by atoms with Gasteiger partial charge in [0.15, 0.2) is 0 Å². The van der Waals surface area contributed by atoms with Crippen LogP contribution in [0.3, 0.4) is 0 Å². The van der Waals surface area contributed by atoms with E-state index in [0.717, 1.165) is 11.8 Å². The van der Waals surface area contributed by atoms with Crippen LogP contribution in [-0.4, -0.2) is 0 Å². The summed E-state index contributed by atoms with van der Waals surface area (Å²) >= 11 is 0. The molecule has 0 aromatic rings. The smallest absolute Gasteiger partial charge is 0.0319 e. The first-order valence-electron chi connectivity index (χ1n) is 4.84. The molecule has 0 spiro atoms. The van der Waals surface area contributed by atoms with Gasteiger partial charge in [-0.1, -0.05) is 25.5 Å². The molecule has 64 valence electrons. The summed E-state index contributed by atoms with van der Waals surface area (Å²) in [5.74, 6) is 1.87. The Labute approximate surface area is 70.7 Å². The summed E-state index contributed by atoms with van der Waals surface area (Å²) in [4.78, 5) is 0. The predicted molar refractivity (Wildman–Crippen MR) is 50.6 cm³/mol. The maximum absolute atomic E-state index is 2.43. The fourth-order valence-electron chi connectivity index (χ4n) is 1.90. The van der Waals surface area contributed by atoms with Gasteiger partial charge in [-0.15, -0.1) is 0 Å². The van der Waals surface area contributed by atoms with E-state index < -0.39 is 0 Å². The molecule has 0 radical (unpaired) electrons. The maximum atomic E-state index is 2.43. The Hall–Kier alpha value is -0.260. The molecule has 0 heteroatoms. The Morgan fingerprint density at radius 1 is 1.55 bits per heavy atom.